The third-order valence-corrected chi connectivity index (χ3v) is 4.56. The predicted octanol–water partition coefficient (Wildman–Crippen LogP) is 4.73. The molecule has 132 valence electrons. The zero-order valence-electron chi connectivity index (χ0n) is 14.8. The Balaban J connectivity index is 2.23. The Bertz CT molecular complexity index is 743. The SMILES string of the molecule is CCCCCCCCn1c(N)c2cc(OC)c(OC)cc2nc1=S. The van der Waals surface area contributed by atoms with Crippen LogP contribution in [0.15, 0.2) is 12.1 Å². The molecule has 0 radical (unpaired) electrons. The van der Waals surface area contributed by atoms with E-state index in [-0.39, 0.29) is 0 Å². The molecular weight excluding hydrogens is 322 g/mol. The topological polar surface area (TPSA) is 62.3 Å². The molecule has 0 saturated carbocycles. The number of benzene rings is 1. The Hall–Kier alpha value is -1.82. The van der Waals surface area contributed by atoms with Crippen LogP contribution < -0.4 is 15.2 Å². The van der Waals surface area contributed by atoms with Crippen LogP contribution in [0, 0.1) is 4.77 Å². The van der Waals surface area contributed by atoms with Gasteiger partial charge in [0.05, 0.1) is 19.7 Å². The normalized spacial score (nSPS) is 11.0. The average Bonchev–Trinajstić information content (AvgIpc) is 2.59. The Morgan fingerprint density at radius 1 is 1.04 bits per heavy atom. The highest BCUT2D eigenvalue weighted by atomic mass is 32.1. The molecule has 0 bridgehead atoms. The van der Waals surface area contributed by atoms with Crippen molar-refractivity contribution in [2.45, 2.75) is 52.0 Å². The van der Waals surface area contributed by atoms with Gasteiger partial charge in [0.1, 0.15) is 5.82 Å². The second kappa shape index (κ2) is 8.87. The number of fused-ring (bicyclic) bond motifs is 1. The molecule has 0 unspecified atom stereocenters. The number of nitrogens with zero attached hydrogens (tertiary/aromatic N) is 2. The van der Waals surface area contributed by atoms with E-state index in [4.69, 9.17) is 27.4 Å². The van der Waals surface area contributed by atoms with Crippen LogP contribution in [0.5, 0.6) is 11.5 Å². The van der Waals surface area contributed by atoms with Gasteiger partial charge in [-0.25, -0.2) is 4.98 Å². The Kier molecular flexibility index (Phi) is 6.85. The molecule has 0 saturated heterocycles. The number of anilines is 1. The quantitative estimate of drug-likeness (QED) is 0.524. The number of hydrogen-bond donors (Lipinski definition) is 1. The first kappa shape index (κ1) is 18.5. The number of hydrogen-bond acceptors (Lipinski definition) is 5. The summed E-state index contributed by atoms with van der Waals surface area (Å²) < 4.78 is 13.1. The van der Waals surface area contributed by atoms with E-state index in [0.717, 1.165) is 23.9 Å². The highest BCUT2D eigenvalue weighted by molar-refractivity contribution is 7.71. The van der Waals surface area contributed by atoms with E-state index < -0.39 is 0 Å². The second-order valence-electron chi connectivity index (χ2n) is 5.92. The summed E-state index contributed by atoms with van der Waals surface area (Å²) in [7, 11) is 3.21. The van der Waals surface area contributed by atoms with Crippen LogP contribution in [-0.4, -0.2) is 23.8 Å². The van der Waals surface area contributed by atoms with E-state index in [1.807, 2.05) is 16.7 Å². The third kappa shape index (κ3) is 4.17. The molecule has 2 rings (SSSR count). The maximum Gasteiger partial charge on any atom is 0.201 e. The van der Waals surface area contributed by atoms with Crippen LogP contribution in [0.1, 0.15) is 45.4 Å². The monoisotopic (exact) mass is 349 g/mol. The van der Waals surface area contributed by atoms with Crippen molar-refractivity contribution in [3.8, 4) is 11.5 Å². The van der Waals surface area contributed by atoms with Crippen molar-refractivity contribution in [1.82, 2.24) is 9.55 Å². The molecule has 0 aliphatic heterocycles. The number of methoxy groups -OCH3 is 2. The van der Waals surface area contributed by atoms with E-state index in [9.17, 15) is 0 Å². The van der Waals surface area contributed by atoms with Crippen molar-refractivity contribution in [3.63, 3.8) is 0 Å². The molecule has 0 aliphatic carbocycles. The number of nitrogen functional groups attached to an aromatic ring is 1. The average molecular weight is 350 g/mol. The smallest absolute Gasteiger partial charge is 0.201 e. The zero-order chi connectivity index (χ0) is 17.5. The lowest BCUT2D eigenvalue weighted by atomic mass is 10.1. The molecule has 6 heteroatoms. The van der Waals surface area contributed by atoms with E-state index in [0.29, 0.717) is 22.1 Å². The molecule has 5 nitrogen and oxygen atoms in total. The van der Waals surface area contributed by atoms with Gasteiger partial charge in [-0.1, -0.05) is 39.0 Å². The summed E-state index contributed by atoms with van der Waals surface area (Å²) in [6.45, 7) is 3.03. The van der Waals surface area contributed by atoms with Gasteiger partial charge in [-0.15, -0.1) is 0 Å². The maximum atomic E-state index is 6.36. The van der Waals surface area contributed by atoms with Gasteiger partial charge in [-0.05, 0) is 24.7 Å². The molecule has 1 heterocycles. The highest BCUT2D eigenvalue weighted by Crippen LogP contribution is 2.33. The van der Waals surface area contributed by atoms with Crippen molar-refractivity contribution < 1.29 is 9.47 Å². The van der Waals surface area contributed by atoms with Crippen molar-refractivity contribution in [2.75, 3.05) is 20.0 Å². The molecule has 2 N–H and O–H groups in total. The summed E-state index contributed by atoms with van der Waals surface area (Å²) in [6.07, 6.45) is 7.37. The fourth-order valence-corrected chi connectivity index (χ4v) is 3.13. The first-order valence-corrected chi connectivity index (χ1v) is 8.95. The first-order valence-electron chi connectivity index (χ1n) is 8.54. The van der Waals surface area contributed by atoms with Gasteiger partial charge in [-0.3, -0.25) is 0 Å². The first-order chi connectivity index (χ1) is 11.6. The minimum absolute atomic E-state index is 0.515. The summed E-state index contributed by atoms with van der Waals surface area (Å²) in [6, 6.07) is 3.68. The summed E-state index contributed by atoms with van der Waals surface area (Å²) in [5.41, 5.74) is 7.09. The molecule has 24 heavy (non-hydrogen) atoms. The standard InChI is InChI=1S/C18H27N3O2S/c1-4-5-6-7-8-9-10-21-17(19)13-11-15(22-2)16(23-3)12-14(13)20-18(21)24/h11-12H,4-10,19H2,1-3H3. The molecule has 1 aromatic heterocycles. The fourth-order valence-electron chi connectivity index (χ4n) is 2.84. The van der Waals surface area contributed by atoms with Crippen LogP contribution >= 0.6 is 12.2 Å². The van der Waals surface area contributed by atoms with Crippen molar-refractivity contribution in [3.05, 3.63) is 16.9 Å². The van der Waals surface area contributed by atoms with Crippen LogP contribution in [-0.2, 0) is 6.54 Å². The molecule has 0 fully saturated rings. The molecule has 0 spiro atoms. The number of unbranched alkanes of at least 4 members (excludes halogenated alkanes) is 5. The van der Waals surface area contributed by atoms with Gasteiger partial charge in [0.25, 0.3) is 0 Å². The number of ether oxygens (including phenoxy) is 2. The minimum Gasteiger partial charge on any atom is -0.493 e. The predicted molar refractivity (Wildman–Crippen MR) is 101 cm³/mol. The van der Waals surface area contributed by atoms with Crippen molar-refractivity contribution in [2.24, 2.45) is 0 Å². The van der Waals surface area contributed by atoms with Crippen molar-refractivity contribution >= 4 is 28.9 Å². The lowest BCUT2D eigenvalue weighted by Crippen LogP contribution is -2.10. The summed E-state index contributed by atoms with van der Waals surface area (Å²) in [4.78, 5) is 4.51. The van der Waals surface area contributed by atoms with Crippen LogP contribution in [0.25, 0.3) is 10.9 Å². The number of aromatic nitrogens is 2. The lowest BCUT2D eigenvalue weighted by molar-refractivity contribution is 0.355. The minimum atomic E-state index is 0.515. The molecule has 0 atom stereocenters. The largest absolute Gasteiger partial charge is 0.493 e. The highest BCUT2D eigenvalue weighted by Gasteiger charge is 2.12. The second-order valence-corrected chi connectivity index (χ2v) is 6.29. The van der Waals surface area contributed by atoms with Gasteiger partial charge < -0.3 is 19.8 Å². The van der Waals surface area contributed by atoms with Gasteiger partial charge in [0.15, 0.2) is 11.5 Å². The van der Waals surface area contributed by atoms with E-state index in [2.05, 4.69) is 11.9 Å². The van der Waals surface area contributed by atoms with Gasteiger partial charge in [0, 0.05) is 18.0 Å². The Morgan fingerprint density at radius 3 is 2.33 bits per heavy atom. The van der Waals surface area contributed by atoms with E-state index in [1.54, 1.807) is 14.2 Å². The van der Waals surface area contributed by atoms with Crippen LogP contribution in [0.2, 0.25) is 0 Å². The van der Waals surface area contributed by atoms with Gasteiger partial charge in [0.2, 0.25) is 4.77 Å². The summed E-state index contributed by atoms with van der Waals surface area (Å²) in [5, 5.41) is 0.840. The number of nitrogens with two attached hydrogens (primary N) is 1. The van der Waals surface area contributed by atoms with Gasteiger partial charge in [-0.2, -0.15) is 0 Å². The maximum absolute atomic E-state index is 6.36. The Morgan fingerprint density at radius 2 is 1.67 bits per heavy atom. The molecule has 0 aliphatic rings. The van der Waals surface area contributed by atoms with Crippen LogP contribution in [0.4, 0.5) is 5.82 Å². The third-order valence-electron chi connectivity index (χ3n) is 4.25. The fraction of sp³-hybridized carbons (Fsp3) is 0.556. The van der Waals surface area contributed by atoms with E-state index in [1.165, 1.54) is 32.1 Å². The molecular formula is C18H27N3O2S. The summed E-state index contributed by atoms with van der Waals surface area (Å²) in [5.74, 6) is 1.90. The Labute approximate surface area is 148 Å². The van der Waals surface area contributed by atoms with Crippen LogP contribution in [0.3, 0.4) is 0 Å². The lowest BCUT2D eigenvalue weighted by Gasteiger charge is -2.15. The zero-order valence-corrected chi connectivity index (χ0v) is 15.6. The molecule has 0 amide bonds. The van der Waals surface area contributed by atoms with E-state index >= 15 is 0 Å². The number of rotatable bonds is 9. The molecule has 1 aromatic carbocycles. The molecule has 2 aromatic rings. The van der Waals surface area contributed by atoms with Gasteiger partial charge >= 0.3 is 0 Å². The summed E-state index contributed by atoms with van der Waals surface area (Å²) >= 11 is 5.43. The van der Waals surface area contributed by atoms with Crippen molar-refractivity contribution in [1.29, 1.82) is 0 Å².